The normalized spacial score (nSPS) is 24.2. The van der Waals surface area contributed by atoms with E-state index in [0.29, 0.717) is 28.8 Å². The molecule has 0 radical (unpaired) electrons. The Morgan fingerprint density at radius 2 is 2.23 bits per heavy atom. The van der Waals surface area contributed by atoms with Crippen LogP contribution in [-0.2, 0) is 21.8 Å². The largest absolute Gasteiger partial charge is 0.394 e. The lowest BCUT2D eigenvalue weighted by Gasteiger charge is -2.29. The van der Waals surface area contributed by atoms with E-state index in [1.807, 2.05) is 10.8 Å². The van der Waals surface area contributed by atoms with Gasteiger partial charge in [-0.05, 0) is 12.1 Å². The number of hydrogen-bond acceptors (Lipinski definition) is 4. The molecule has 0 saturated carbocycles. The monoisotopic (exact) mass is 344 g/mol. The molecule has 1 N–H and O–H groups in total. The summed E-state index contributed by atoms with van der Waals surface area (Å²) in [7, 11) is 0. The second-order valence-corrected chi connectivity index (χ2v) is 5.69. The third kappa shape index (κ3) is 3.29. The van der Waals surface area contributed by atoms with E-state index in [0.717, 1.165) is 0 Å². The van der Waals surface area contributed by atoms with Crippen molar-refractivity contribution in [1.82, 2.24) is 9.55 Å². The van der Waals surface area contributed by atoms with Crippen molar-refractivity contribution < 1.29 is 14.6 Å². The Morgan fingerprint density at radius 3 is 2.82 bits per heavy atom. The van der Waals surface area contributed by atoms with E-state index in [2.05, 4.69) is 4.98 Å². The third-order valence-electron chi connectivity index (χ3n) is 3.35. The molecule has 120 valence electrons. The van der Waals surface area contributed by atoms with Crippen LogP contribution in [0, 0.1) is 0 Å². The average Bonchev–Trinajstić information content (AvgIpc) is 3.09. The zero-order valence-electron chi connectivity index (χ0n) is 11.1. The van der Waals surface area contributed by atoms with Crippen LogP contribution in [0.3, 0.4) is 0 Å². The summed E-state index contributed by atoms with van der Waals surface area (Å²) in [5.74, 6) is -1.06. The number of aliphatic hydroxyl groups excluding tert-OH is 1. The van der Waals surface area contributed by atoms with Crippen molar-refractivity contribution in [2.45, 2.75) is 25.9 Å². The zero-order valence-corrected chi connectivity index (χ0v) is 12.6. The number of aliphatic hydroxyl groups is 1. The first-order valence-electron chi connectivity index (χ1n) is 6.47. The number of rotatable bonds is 4. The first-order chi connectivity index (χ1) is 10.1. The molecular formula is C15H18Cl2N2O3. The molecule has 1 saturated heterocycles. The van der Waals surface area contributed by atoms with Crippen molar-refractivity contribution in [3.8, 4) is 0 Å². The summed E-state index contributed by atoms with van der Waals surface area (Å²) in [6.45, 7) is 0.561. The number of halogens is 2. The van der Waals surface area contributed by atoms with Crippen LogP contribution in [0.2, 0.25) is 10.0 Å². The molecule has 1 aliphatic rings. The molecule has 22 heavy (non-hydrogen) atoms. The van der Waals surface area contributed by atoms with Crippen LogP contribution in [-0.4, -0.2) is 34.0 Å². The maximum absolute atomic E-state index is 9.31. The second-order valence-electron chi connectivity index (χ2n) is 4.85. The summed E-state index contributed by atoms with van der Waals surface area (Å²) in [6.07, 6.45) is 4.77. The quantitative estimate of drug-likeness (QED) is 0.925. The lowest BCUT2D eigenvalue weighted by molar-refractivity contribution is -0.189. The van der Waals surface area contributed by atoms with Gasteiger partial charge in [0.1, 0.15) is 6.10 Å². The van der Waals surface area contributed by atoms with E-state index >= 15 is 0 Å². The van der Waals surface area contributed by atoms with Gasteiger partial charge in [0, 0.05) is 23.0 Å². The first-order valence-corrected chi connectivity index (χ1v) is 7.22. The van der Waals surface area contributed by atoms with Gasteiger partial charge in [-0.15, -0.1) is 0 Å². The number of aromatic nitrogens is 2. The maximum Gasteiger partial charge on any atom is 0.215 e. The molecular weight excluding hydrogens is 327 g/mol. The highest BCUT2D eigenvalue weighted by Crippen LogP contribution is 2.40. The van der Waals surface area contributed by atoms with Gasteiger partial charge in [-0.3, -0.25) is 0 Å². The summed E-state index contributed by atoms with van der Waals surface area (Å²) in [5, 5.41) is 10.3. The molecule has 2 aromatic rings. The molecule has 1 aromatic carbocycles. The molecule has 1 fully saturated rings. The van der Waals surface area contributed by atoms with E-state index in [4.69, 9.17) is 32.7 Å². The minimum atomic E-state index is -1.06. The Balaban J connectivity index is 0.00000176. The van der Waals surface area contributed by atoms with Gasteiger partial charge in [0.05, 0.1) is 31.1 Å². The van der Waals surface area contributed by atoms with Crippen molar-refractivity contribution in [1.29, 1.82) is 0 Å². The van der Waals surface area contributed by atoms with Crippen LogP contribution < -0.4 is 0 Å². The van der Waals surface area contributed by atoms with Crippen LogP contribution >= 0.6 is 23.2 Å². The van der Waals surface area contributed by atoms with Crippen molar-refractivity contribution >= 4 is 23.2 Å². The highest BCUT2D eigenvalue weighted by atomic mass is 35.5. The lowest BCUT2D eigenvalue weighted by Crippen LogP contribution is -2.34. The summed E-state index contributed by atoms with van der Waals surface area (Å²) in [5.41, 5.74) is 0.679. The lowest BCUT2D eigenvalue weighted by atomic mass is 10.1. The Kier molecular flexibility index (Phi) is 5.47. The SMILES string of the molecule is C.OCC1COC(Cn2ccnc2)(c2ccc(Cl)cc2Cl)O1. The maximum atomic E-state index is 9.31. The smallest absolute Gasteiger partial charge is 0.215 e. The minimum absolute atomic E-state index is 0. The summed E-state index contributed by atoms with van der Waals surface area (Å²) in [4.78, 5) is 4.01. The highest BCUT2D eigenvalue weighted by molar-refractivity contribution is 6.35. The fourth-order valence-electron chi connectivity index (χ4n) is 2.38. The fourth-order valence-corrected chi connectivity index (χ4v) is 2.94. The van der Waals surface area contributed by atoms with Gasteiger partial charge < -0.3 is 19.1 Å². The molecule has 0 spiro atoms. The van der Waals surface area contributed by atoms with Gasteiger partial charge in [0.25, 0.3) is 0 Å². The Hall–Kier alpha value is -1.11. The third-order valence-corrected chi connectivity index (χ3v) is 3.90. The summed E-state index contributed by atoms with van der Waals surface area (Å²) >= 11 is 12.2. The fraction of sp³-hybridized carbons (Fsp3) is 0.400. The van der Waals surface area contributed by atoms with E-state index in [1.165, 1.54) is 0 Å². The van der Waals surface area contributed by atoms with Crippen LogP contribution in [0.15, 0.2) is 36.9 Å². The number of imidazole rings is 1. The topological polar surface area (TPSA) is 56.5 Å². The number of ether oxygens (including phenoxy) is 2. The van der Waals surface area contributed by atoms with Crippen molar-refractivity contribution in [3.63, 3.8) is 0 Å². The molecule has 3 rings (SSSR count). The molecule has 2 heterocycles. The Morgan fingerprint density at radius 1 is 1.41 bits per heavy atom. The molecule has 0 aliphatic carbocycles. The van der Waals surface area contributed by atoms with Crippen LogP contribution in [0.25, 0.3) is 0 Å². The predicted molar refractivity (Wildman–Crippen MR) is 85.0 cm³/mol. The zero-order chi connectivity index (χ0) is 14.9. The van der Waals surface area contributed by atoms with Gasteiger partial charge in [-0.25, -0.2) is 4.98 Å². The van der Waals surface area contributed by atoms with Gasteiger partial charge >= 0.3 is 0 Å². The van der Waals surface area contributed by atoms with E-state index < -0.39 is 5.79 Å². The average molecular weight is 345 g/mol. The van der Waals surface area contributed by atoms with E-state index in [9.17, 15) is 5.11 Å². The minimum Gasteiger partial charge on any atom is -0.394 e. The first kappa shape index (κ1) is 17.2. The van der Waals surface area contributed by atoms with Gasteiger partial charge in [-0.1, -0.05) is 36.7 Å². The van der Waals surface area contributed by atoms with Gasteiger partial charge in [0.15, 0.2) is 0 Å². The molecule has 2 unspecified atom stereocenters. The number of hydrogen-bond donors (Lipinski definition) is 1. The molecule has 2 atom stereocenters. The van der Waals surface area contributed by atoms with Crippen LogP contribution in [0.4, 0.5) is 0 Å². The molecule has 5 nitrogen and oxygen atoms in total. The molecule has 1 aliphatic heterocycles. The van der Waals surface area contributed by atoms with E-state index in [-0.39, 0.29) is 20.1 Å². The van der Waals surface area contributed by atoms with Crippen molar-refractivity contribution in [2.24, 2.45) is 0 Å². The van der Waals surface area contributed by atoms with E-state index in [1.54, 1.807) is 30.7 Å². The molecule has 7 heteroatoms. The van der Waals surface area contributed by atoms with Crippen molar-refractivity contribution in [2.75, 3.05) is 13.2 Å². The standard InChI is InChI=1S/C14H14Cl2N2O3.CH4/c15-10-1-2-12(13(16)5-10)14(8-18-4-3-17-9-18)20-7-11(6-19)21-14;/h1-5,9,11,19H,6-8H2;1H4. The number of benzene rings is 1. The Bertz CT molecular complexity index is 621. The van der Waals surface area contributed by atoms with Gasteiger partial charge in [0.2, 0.25) is 5.79 Å². The second kappa shape index (κ2) is 6.98. The van der Waals surface area contributed by atoms with Crippen LogP contribution in [0.1, 0.15) is 13.0 Å². The Labute approximate surface area is 139 Å². The summed E-state index contributed by atoms with van der Waals surface area (Å²) < 4.78 is 13.6. The molecule has 1 aromatic heterocycles. The number of nitrogens with zero attached hydrogens (tertiary/aromatic N) is 2. The predicted octanol–water partition coefficient (Wildman–Crippen LogP) is 3.09. The molecule has 0 amide bonds. The van der Waals surface area contributed by atoms with Crippen LogP contribution in [0.5, 0.6) is 0 Å². The van der Waals surface area contributed by atoms with Crippen molar-refractivity contribution in [3.05, 3.63) is 52.5 Å². The summed E-state index contributed by atoms with van der Waals surface area (Å²) in [6, 6.07) is 5.16. The highest BCUT2D eigenvalue weighted by Gasteiger charge is 2.44. The molecule has 0 bridgehead atoms. The van der Waals surface area contributed by atoms with Gasteiger partial charge in [-0.2, -0.15) is 0 Å².